The summed E-state index contributed by atoms with van der Waals surface area (Å²) in [7, 11) is 0. The highest BCUT2D eigenvalue weighted by Crippen LogP contribution is 2.41. The van der Waals surface area contributed by atoms with E-state index < -0.39 is 0 Å². The number of hydrogen-bond donors (Lipinski definition) is 1. The standard InChI is InChI=1S/C25H22BrCl2N5O2/c1-25(2,3)24-32-31-22(35-24)21-19(20(29-30-21)13-4-6-14(26)7-5-13)23(34)33(16-9-10-16)18-11-8-15(27)12-17(18)28/h4-8,11-12,16H,9-10H2,1-3H3,(H,29,30). The molecule has 1 saturated carbocycles. The smallest absolute Gasteiger partial charge is 0.266 e. The number of anilines is 1. The fraction of sp³-hybridized carbons (Fsp3) is 0.280. The number of halogens is 3. The summed E-state index contributed by atoms with van der Waals surface area (Å²) in [6.07, 6.45) is 1.75. The van der Waals surface area contributed by atoms with Crippen LogP contribution >= 0.6 is 39.1 Å². The summed E-state index contributed by atoms with van der Waals surface area (Å²) in [6.45, 7) is 5.94. The monoisotopic (exact) mass is 573 g/mol. The number of nitrogens with one attached hydrogen (secondary N) is 1. The molecule has 5 rings (SSSR count). The van der Waals surface area contributed by atoms with Crippen LogP contribution in [0.1, 0.15) is 49.9 Å². The highest BCUT2D eigenvalue weighted by Gasteiger charge is 2.39. The molecule has 0 saturated heterocycles. The molecule has 0 radical (unpaired) electrons. The summed E-state index contributed by atoms with van der Waals surface area (Å²) in [6, 6.07) is 12.7. The molecule has 1 N–H and O–H groups in total. The summed E-state index contributed by atoms with van der Waals surface area (Å²) < 4.78 is 6.90. The number of rotatable bonds is 5. The Hall–Kier alpha value is -2.68. The van der Waals surface area contributed by atoms with Gasteiger partial charge in [-0.3, -0.25) is 9.89 Å². The molecular formula is C25H22BrCl2N5O2. The Morgan fingerprint density at radius 1 is 1.11 bits per heavy atom. The maximum Gasteiger partial charge on any atom is 0.266 e. The van der Waals surface area contributed by atoms with Crippen LogP contribution in [0.25, 0.3) is 22.8 Å². The molecule has 2 heterocycles. The van der Waals surface area contributed by atoms with Gasteiger partial charge in [0.1, 0.15) is 11.4 Å². The van der Waals surface area contributed by atoms with Gasteiger partial charge >= 0.3 is 0 Å². The molecule has 0 bridgehead atoms. The minimum Gasteiger partial charge on any atom is -0.419 e. The molecule has 7 nitrogen and oxygen atoms in total. The highest BCUT2D eigenvalue weighted by atomic mass is 79.9. The summed E-state index contributed by atoms with van der Waals surface area (Å²) in [5, 5.41) is 16.8. The second-order valence-corrected chi connectivity index (χ2v) is 11.3. The topological polar surface area (TPSA) is 87.9 Å². The van der Waals surface area contributed by atoms with E-state index in [1.54, 1.807) is 23.1 Å². The van der Waals surface area contributed by atoms with Crippen LogP contribution in [0, 0.1) is 0 Å². The number of aromatic nitrogens is 4. The van der Waals surface area contributed by atoms with E-state index in [1.165, 1.54) is 0 Å². The van der Waals surface area contributed by atoms with Crippen LogP contribution in [0.2, 0.25) is 10.0 Å². The molecule has 2 aromatic carbocycles. The quantitative estimate of drug-likeness (QED) is 0.270. The lowest BCUT2D eigenvalue weighted by Gasteiger charge is -2.24. The Morgan fingerprint density at radius 2 is 1.83 bits per heavy atom. The SMILES string of the molecule is CC(C)(C)c1nnc(-c2[nH]nc(-c3ccc(Br)cc3)c2C(=O)N(c2ccc(Cl)cc2Cl)C2CC2)o1. The van der Waals surface area contributed by atoms with Crippen molar-refractivity contribution < 1.29 is 9.21 Å². The van der Waals surface area contributed by atoms with E-state index in [4.69, 9.17) is 27.6 Å². The number of carbonyl (C=O) groups is 1. The van der Waals surface area contributed by atoms with Gasteiger partial charge in [-0.05, 0) is 43.2 Å². The zero-order valence-corrected chi connectivity index (χ0v) is 22.4. The van der Waals surface area contributed by atoms with Gasteiger partial charge in [-0.25, -0.2) is 0 Å². The van der Waals surface area contributed by atoms with E-state index in [1.807, 2.05) is 45.0 Å². The largest absolute Gasteiger partial charge is 0.419 e. The fourth-order valence-corrected chi connectivity index (χ4v) is 4.51. The van der Waals surface area contributed by atoms with Gasteiger partial charge in [-0.2, -0.15) is 5.10 Å². The van der Waals surface area contributed by atoms with Crippen molar-refractivity contribution in [3.05, 3.63) is 68.4 Å². The molecular weight excluding hydrogens is 553 g/mol. The van der Waals surface area contributed by atoms with Gasteiger partial charge in [0, 0.05) is 26.5 Å². The van der Waals surface area contributed by atoms with Gasteiger partial charge in [-0.1, -0.05) is 72.0 Å². The van der Waals surface area contributed by atoms with Gasteiger partial charge in [0.25, 0.3) is 11.8 Å². The van der Waals surface area contributed by atoms with Crippen molar-refractivity contribution >= 4 is 50.7 Å². The van der Waals surface area contributed by atoms with Crippen LogP contribution in [0.5, 0.6) is 0 Å². The third kappa shape index (κ3) is 4.75. The van der Waals surface area contributed by atoms with E-state index in [0.29, 0.717) is 38.6 Å². The van der Waals surface area contributed by atoms with E-state index in [9.17, 15) is 4.79 Å². The van der Waals surface area contributed by atoms with Crippen molar-refractivity contribution in [2.24, 2.45) is 0 Å². The number of carbonyl (C=O) groups excluding carboxylic acids is 1. The van der Waals surface area contributed by atoms with Crippen molar-refractivity contribution in [3.63, 3.8) is 0 Å². The normalized spacial score (nSPS) is 13.8. The Labute approximate surface area is 221 Å². The van der Waals surface area contributed by atoms with Gasteiger partial charge < -0.3 is 9.32 Å². The molecule has 0 spiro atoms. The third-order valence-corrected chi connectivity index (χ3v) is 6.74. The molecule has 2 aromatic heterocycles. The molecule has 1 aliphatic rings. The van der Waals surface area contributed by atoms with Crippen molar-refractivity contribution in [2.45, 2.75) is 45.1 Å². The molecule has 180 valence electrons. The van der Waals surface area contributed by atoms with Crippen LogP contribution < -0.4 is 4.90 Å². The number of amides is 1. The number of nitrogens with zero attached hydrogens (tertiary/aromatic N) is 4. The third-order valence-electron chi connectivity index (χ3n) is 5.68. The van der Waals surface area contributed by atoms with E-state index in [0.717, 1.165) is 22.9 Å². The molecule has 1 fully saturated rings. The summed E-state index contributed by atoms with van der Waals surface area (Å²) >= 11 is 16.1. The number of H-pyrrole nitrogens is 1. The van der Waals surface area contributed by atoms with E-state index in [2.05, 4.69) is 36.3 Å². The number of hydrogen-bond acceptors (Lipinski definition) is 5. The minimum absolute atomic E-state index is 0.0227. The van der Waals surface area contributed by atoms with Crippen molar-refractivity contribution in [2.75, 3.05) is 4.90 Å². The van der Waals surface area contributed by atoms with Gasteiger partial charge in [0.2, 0.25) is 5.89 Å². The molecule has 10 heteroatoms. The Morgan fingerprint density at radius 3 is 2.43 bits per heavy atom. The maximum absolute atomic E-state index is 14.3. The molecule has 1 amide bonds. The van der Waals surface area contributed by atoms with Crippen molar-refractivity contribution in [1.82, 2.24) is 20.4 Å². The summed E-state index contributed by atoms with van der Waals surface area (Å²) in [4.78, 5) is 16.0. The highest BCUT2D eigenvalue weighted by molar-refractivity contribution is 9.10. The van der Waals surface area contributed by atoms with Crippen LogP contribution in [-0.4, -0.2) is 32.3 Å². The average Bonchev–Trinajstić information content (AvgIpc) is 3.31. The van der Waals surface area contributed by atoms with E-state index >= 15 is 0 Å². The molecule has 0 aliphatic heterocycles. The average molecular weight is 575 g/mol. The second kappa shape index (κ2) is 9.08. The fourth-order valence-electron chi connectivity index (χ4n) is 3.75. The lowest BCUT2D eigenvalue weighted by molar-refractivity contribution is 0.0986. The molecule has 4 aromatic rings. The first-order valence-electron chi connectivity index (χ1n) is 11.1. The minimum atomic E-state index is -0.346. The predicted molar refractivity (Wildman–Crippen MR) is 140 cm³/mol. The van der Waals surface area contributed by atoms with Crippen LogP contribution in [0.4, 0.5) is 5.69 Å². The lowest BCUT2D eigenvalue weighted by Crippen LogP contribution is -2.33. The second-order valence-electron chi connectivity index (χ2n) is 9.49. The summed E-state index contributed by atoms with van der Waals surface area (Å²) in [5.41, 5.74) is 2.22. The first-order chi connectivity index (χ1) is 16.6. The zero-order valence-electron chi connectivity index (χ0n) is 19.3. The van der Waals surface area contributed by atoms with Gasteiger partial charge in [0.15, 0.2) is 0 Å². The molecule has 1 aliphatic carbocycles. The molecule has 0 atom stereocenters. The lowest BCUT2D eigenvalue weighted by atomic mass is 9.97. The van der Waals surface area contributed by atoms with E-state index in [-0.39, 0.29) is 23.3 Å². The van der Waals surface area contributed by atoms with Crippen LogP contribution in [0.15, 0.2) is 51.4 Å². The van der Waals surface area contributed by atoms with Crippen LogP contribution in [0.3, 0.4) is 0 Å². The predicted octanol–water partition coefficient (Wildman–Crippen LogP) is 7.30. The van der Waals surface area contributed by atoms with Gasteiger partial charge in [-0.15, -0.1) is 10.2 Å². The Bertz CT molecular complexity index is 1400. The first kappa shape index (κ1) is 24.0. The first-order valence-corrected chi connectivity index (χ1v) is 12.7. The van der Waals surface area contributed by atoms with Crippen LogP contribution in [-0.2, 0) is 5.41 Å². The number of aromatic amines is 1. The molecule has 0 unspecified atom stereocenters. The van der Waals surface area contributed by atoms with Crippen molar-refractivity contribution in [3.8, 4) is 22.8 Å². The summed E-state index contributed by atoms with van der Waals surface area (Å²) in [5.74, 6) is 0.409. The Kier molecular flexibility index (Phi) is 6.23. The number of benzene rings is 2. The zero-order chi connectivity index (χ0) is 24.9. The van der Waals surface area contributed by atoms with Crippen molar-refractivity contribution in [1.29, 1.82) is 0 Å². The molecule has 35 heavy (non-hydrogen) atoms. The Balaban J connectivity index is 1.68. The van der Waals surface area contributed by atoms with Gasteiger partial charge in [0.05, 0.1) is 16.3 Å². The maximum atomic E-state index is 14.3.